The van der Waals surface area contributed by atoms with Gasteiger partial charge in [0.1, 0.15) is 17.3 Å². The normalized spacial score (nSPS) is 11.7. The van der Waals surface area contributed by atoms with Crippen molar-refractivity contribution in [3.63, 3.8) is 0 Å². The number of imidazole rings is 1. The second kappa shape index (κ2) is 5.40. The van der Waals surface area contributed by atoms with Gasteiger partial charge in [-0.25, -0.2) is 4.98 Å². The predicted molar refractivity (Wildman–Crippen MR) is 90.4 cm³/mol. The molecule has 0 saturated heterocycles. The van der Waals surface area contributed by atoms with Crippen LogP contribution in [0.15, 0.2) is 30.9 Å². The molecular formula is C18H25N3. The van der Waals surface area contributed by atoms with Gasteiger partial charge in [0.2, 0.25) is 0 Å². The topological polar surface area (TPSA) is 43.8 Å². The fourth-order valence-electron chi connectivity index (χ4n) is 2.45. The van der Waals surface area contributed by atoms with Gasteiger partial charge in [-0.15, -0.1) is 6.58 Å². The Morgan fingerprint density at radius 1 is 1.24 bits per heavy atom. The number of nitrogens with two attached hydrogens (primary N) is 1. The molecule has 0 amide bonds. The molecule has 0 bridgehead atoms. The lowest BCUT2D eigenvalue weighted by atomic mass is 9.95. The highest BCUT2D eigenvalue weighted by atomic mass is 15.1. The minimum Gasteiger partial charge on any atom is -0.383 e. The zero-order valence-electron chi connectivity index (χ0n) is 13.7. The molecule has 1 heterocycles. The van der Waals surface area contributed by atoms with Gasteiger partial charge in [-0.1, -0.05) is 39.0 Å². The molecule has 0 fully saturated rings. The maximum atomic E-state index is 6.36. The summed E-state index contributed by atoms with van der Waals surface area (Å²) in [4.78, 5) is 4.83. The van der Waals surface area contributed by atoms with E-state index in [1.807, 2.05) is 6.08 Å². The number of nitrogens with zero attached hydrogens (tertiary/aromatic N) is 2. The maximum absolute atomic E-state index is 6.36. The van der Waals surface area contributed by atoms with Crippen LogP contribution in [0, 0.1) is 13.8 Å². The molecule has 112 valence electrons. The first-order chi connectivity index (χ1) is 9.75. The van der Waals surface area contributed by atoms with Crippen LogP contribution in [-0.2, 0) is 12.0 Å². The summed E-state index contributed by atoms with van der Waals surface area (Å²) in [6.45, 7) is 15.2. The summed E-state index contributed by atoms with van der Waals surface area (Å²) in [5, 5.41) is 0. The Balaban J connectivity index is 2.64. The molecule has 1 aromatic carbocycles. The van der Waals surface area contributed by atoms with Gasteiger partial charge in [0, 0.05) is 17.5 Å². The van der Waals surface area contributed by atoms with E-state index in [1.54, 1.807) is 0 Å². The van der Waals surface area contributed by atoms with Gasteiger partial charge in [-0.2, -0.15) is 0 Å². The van der Waals surface area contributed by atoms with Crippen LogP contribution < -0.4 is 5.73 Å². The van der Waals surface area contributed by atoms with Gasteiger partial charge < -0.3 is 10.3 Å². The second-order valence-corrected chi connectivity index (χ2v) is 6.62. The first-order valence-electron chi connectivity index (χ1n) is 7.30. The first-order valence-corrected chi connectivity index (χ1v) is 7.30. The molecule has 21 heavy (non-hydrogen) atoms. The summed E-state index contributed by atoms with van der Waals surface area (Å²) >= 11 is 0. The molecule has 2 N–H and O–H groups in total. The smallest absolute Gasteiger partial charge is 0.132 e. The Bertz CT molecular complexity index is 673. The van der Waals surface area contributed by atoms with Crippen molar-refractivity contribution in [2.75, 3.05) is 5.73 Å². The molecule has 0 unspecified atom stereocenters. The van der Waals surface area contributed by atoms with E-state index < -0.39 is 0 Å². The van der Waals surface area contributed by atoms with E-state index in [2.05, 4.69) is 64.0 Å². The number of nitrogen functional groups attached to an aromatic ring is 1. The molecule has 0 aliphatic heterocycles. The van der Waals surface area contributed by atoms with Gasteiger partial charge in [0.05, 0.1) is 0 Å². The predicted octanol–water partition coefficient (Wildman–Crippen LogP) is 4.23. The quantitative estimate of drug-likeness (QED) is 0.857. The van der Waals surface area contributed by atoms with E-state index >= 15 is 0 Å². The van der Waals surface area contributed by atoms with Crippen molar-refractivity contribution in [2.24, 2.45) is 0 Å². The molecule has 2 aromatic rings. The number of benzene rings is 1. The number of allylic oxidation sites excluding steroid dienone is 1. The Morgan fingerprint density at radius 3 is 2.43 bits per heavy atom. The summed E-state index contributed by atoms with van der Waals surface area (Å²) in [5.41, 5.74) is 10.8. The highest BCUT2D eigenvalue weighted by Crippen LogP contribution is 2.32. The minimum absolute atomic E-state index is 0.0604. The van der Waals surface area contributed by atoms with Crippen molar-refractivity contribution < 1.29 is 0 Å². The van der Waals surface area contributed by atoms with Crippen molar-refractivity contribution in [1.82, 2.24) is 9.55 Å². The zero-order valence-corrected chi connectivity index (χ0v) is 13.7. The Morgan fingerprint density at radius 2 is 1.90 bits per heavy atom. The maximum Gasteiger partial charge on any atom is 0.132 e. The van der Waals surface area contributed by atoms with Crippen molar-refractivity contribution in [3.8, 4) is 11.3 Å². The third kappa shape index (κ3) is 2.87. The lowest BCUT2D eigenvalue weighted by molar-refractivity contribution is 0.515. The number of hydrogen-bond acceptors (Lipinski definition) is 2. The summed E-state index contributed by atoms with van der Waals surface area (Å²) in [5.74, 6) is 1.70. The number of anilines is 1. The molecule has 3 heteroatoms. The summed E-state index contributed by atoms with van der Waals surface area (Å²) in [6, 6.07) is 6.36. The molecular weight excluding hydrogens is 258 g/mol. The Hall–Kier alpha value is -2.03. The highest BCUT2D eigenvalue weighted by molar-refractivity contribution is 5.72. The first kappa shape index (κ1) is 15.4. The molecule has 1 aromatic heterocycles. The van der Waals surface area contributed by atoms with Crippen LogP contribution in [0.1, 0.15) is 37.7 Å². The lowest BCUT2D eigenvalue weighted by Crippen LogP contribution is -2.19. The number of rotatable bonds is 3. The number of aromatic nitrogens is 2. The van der Waals surface area contributed by atoms with Crippen molar-refractivity contribution in [1.29, 1.82) is 0 Å². The third-order valence-electron chi connectivity index (χ3n) is 3.77. The fraction of sp³-hybridized carbons (Fsp3) is 0.389. The molecule has 3 nitrogen and oxygen atoms in total. The van der Waals surface area contributed by atoms with Crippen LogP contribution >= 0.6 is 0 Å². The van der Waals surface area contributed by atoms with Crippen LogP contribution in [0.4, 0.5) is 5.82 Å². The van der Waals surface area contributed by atoms with Crippen LogP contribution in [0.2, 0.25) is 0 Å². The van der Waals surface area contributed by atoms with Crippen molar-refractivity contribution >= 4 is 5.82 Å². The fourth-order valence-corrected chi connectivity index (χ4v) is 2.45. The molecule has 0 aliphatic carbocycles. The highest BCUT2D eigenvalue weighted by Gasteiger charge is 2.25. The van der Waals surface area contributed by atoms with Crippen molar-refractivity contribution in [2.45, 2.75) is 46.6 Å². The van der Waals surface area contributed by atoms with E-state index in [0.29, 0.717) is 12.4 Å². The average Bonchev–Trinajstić information content (AvgIpc) is 2.71. The Kier molecular flexibility index (Phi) is 3.95. The molecule has 0 saturated carbocycles. The van der Waals surface area contributed by atoms with E-state index in [-0.39, 0.29) is 5.41 Å². The van der Waals surface area contributed by atoms with Crippen LogP contribution in [0.3, 0.4) is 0 Å². The summed E-state index contributed by atoms with van der Waals surface area (Å²) in [6.07, 6.45) is 1.86. The van der Waals surface area contributed by atoms with Gasteiger partial charge in [0.25, 0.3) is 0 Å². The average molecular weight is 283 g/mol. The van der Waals surface area contributed by atoms with Crippen LogP contribution in [0.25, 0.3) is 11.3 Å². The molecule has 2 rings (SSSR count). The molecule has 0 radical (unpaired) electrons. The van der Waals surface area contributed by atoms with Gasteiger partial charge in [-0.3, -0.25) is 0 Å². The van der Waals surface area contributed by atoms with E-state index in [4.69, 9.17) is 10.7 Å². The Labute approximate surface area is 127 Å². The van der Waals surface area contributed by atoms with E-state index in [1.165, 1.54) is 11.1 Å². The van der Waals surface area contributed by atoms with Crippen molar-refractivity contribution in [3.05, 3.63) is 47.8 Å². The monoisotopic (exact) mass is 283 g/mol. The lowest BCUT2D eigenvalue weighted by Gasteiger charge is -2.19. The molecule has 0 aliphatic rings. The van der Waals surface area contributed by atoms with E-state index in [9.17, 15) is 0 Å². The number of aryl methyl sites for hydroxylation is 2. The SMILES string of the molecule is C=CCn1c(C(C)(C)C)nc(-c2ccc(C)c(C)c2)c1N. The van der Waals surface area contributed by atoms with Gasteiger partial charge in [0.15, 0.2) is 0 Å². The zero-order chi connectivity index (χ0) is 15.8. The third-order valence-corrected chi connectivity index (χ3v) is 3.77. The molecule has 0 atom stereocenters. The van der Waals surface area contributed by atoms with E-state index in [0.717, 1.165) is 17.1 Å². The molecule has 0 spiro atoms. The van der Waals surface area contributed by atoms with Gasteiger partial charge >= 0.3 is 0 Å². The standard InChI is InChI=1S/C18H25N3/c1-7-10-21-16(19)15(20-17(21)18(4,5)6)14-9-8-12(2)13(3)11-14/h7-9,11H,1,10,19H2,2-6H3. The summed E-state index contributed by atoms with van der Waals surface area (Å²) < 4.78 is 2.05. The van der Waals surface area contributed by atoms with Gasteiger partial charge in [-0.05, 0) is 31.0 Å². The number of hydrogen-bond donors (Lipinski definition) is 1. The van der Waals surface area contributed by atoms with Crippen LogP contribution in [0.5, 0.6) is 0 Å². The second-order valence-electron chi connectivity index (χ2n) is 6.62. The largest absolute Gasteiger partial charge is 0.383 e. The van der Waals surface area contributed by atoms with Crippen LogP contribution in [-0.4, -0.2) is 9.55 Å². The summed E-state index contributed by atoms with van der Waals surface area (Å²) in [7, 11) is 0. The minimum atomic E-state index is -0.0604.